The van der Waals surface area contributed by atoms with Gasteiger partial charge in [0.05, 0.1) is 6.10 Å². The van der Waals surface area contributed by atoms with E-state index in [-0.39, 0.29) is 12.4 Å². The zero-order chi connectivity index (χ0) is 9.40. The van der Waals surface area contributed by atoms with E-state index < -0.39 is 0 Å². The lowest BCUT2D eigenvalue weighted by atomic mass is 10.1. The Hall–Kier alpha value is -0.120. The average molecular weight is 176 g/mol. The van der Waals surface area contributed by atoms with Gasteiger partial charge in [-0.05, 0) is 6.42 Å². The third-order valence-electron chi connectivity index (χ3n) is 1.93. The van der Waals surface area contributed by atoms with Crippen molar-refractivity contribution >= 4 is 0 Å². The molecular formula is C9H20O3. The molecule has 0 aliphatic heterocycles. The van der Waals surface area contributed by atoms with Gasteiger partial charge >= 0.3 is 0 Å². The predicted molar refractivity (Wildman–Crippen MR) is 48.1 cm³/mol. The lowest BCUT2D eigenvalue weighted by Gasteiger charge is -2.19. The summed E-state index contributed by atoms with van der Waals surface area (Å²) in [5, 5.41) is 0. The number of hydrogen-bond acceptors (Lipinski definition) is 3. The highest BCUT2D eigenvalue weighted by Gasteiger charge is 2.13. The Morgan fingerprint density at radius 1 is 1.00 bits per heavy atom. The Morgan fingerprint density at radius 2 is 1.58 bits per heavy atom. The van der Waals surface area contributed by atoms with Crippen LogP contribution in [-0.2, 0) is 14.2 Å². The Balaban J connectivity index is 3.65. The fourth-order valence-electron chi connectivity index (χ4n) is 1.16. The number of ether oxygens (including phenoxy) is 3. The topological polar surface area (TPSA) is 27.7 Å². The molecule has 0 saturated heterocycles. The van der Waals surface area contributed by atoms with Crippen molar-refractivity contribution in [2.24, 2.45) is 0 Å². The molecule has 0 saturated carbocycles. The van der Waals surface area contributed by atoms with Crippen molar-refractivity contribution in [1.82, 2.24) is 0 Å². The first-order valence-electron chi connectivity index (χ1n) is 4.36. The van der Waals surface area contributed by atoms with Crippen molar-refractivity contribution in [3.8, 4) is 0 Å². The third kappa shape index (κ3) is 4.70. The van der Waals surface area contributed by atoms with E-state index in [1.54, 1.807) is 21.3 Å². The Bertz CT molecular complexity index is 91.8. The Morgan fingerprint density at radius 3 is 1.92 bits per heavy atom. The highest BCUT2D eigenvalue weighted by molar-refractivity contribution is 4.58. The lowest BCUT2D eigenvalue weighted by molar-refractivity contribution is -0.126. The maximum atomic E-state index is 5.26. The summed E-state index contributed by atoms with van der Waals surface area (Å²) in [5.74, 6) is 0. The largest absolute Gasteiger partial charge is 0.381 e. The van der Waals surface area contributed by atoms with Crippen molar-refractivity contribution in [2.75, 3.05) is 21.3 Å². The summed E-state index contributed by atoms with van der Waals surface area (Å²) in [5.41, 5.74) is 0. The van der Waals surface area contributed by atoms with Crippen molar-refractivity contribution in [2.45, 2.75) is 38.6 Å². The molecule has 0 heterocycles. The molecule has 0 N–H and O–H groups in total. The molecule has 0 aromatic rings. The van der Waals surface area contributed by atoms with E-state index in [0.717, 1.165) is 19.3 Å². The Kier molecular flexibility index (Phi) is 7.45. The first-order valence-corrected chi connectivity index (χ1v) is 4.36. The first kappa shape index (κ1) is 11.9. The van der Waals surface area contributed by atoms with E-state index >= 15 is 0 Å². The van der Waals surface area contributed by atoms with Crippen LogP contribution in [0.4, 0.5) is 0 Å². The van der Waals surface area contributed by atoms with Crippen LogP contribution in [0.3, 0.4) is 0 Å². The van der Waals surface area contributed by atoms with Crippen LogP contribution in [0.1, 0.15) is 26.2 Å². The van der Waals surface area contributed by atoms with Gasteiger partial charge in [0, 0.05) is 27.8 Å². The maximum Gasteiger partial charge on any atom is 0.159 e. The first-order chi connectivity index (χ1) is 5.78. The molecule has 74 valence electrons. The molecule has 0 aliphatic carbocycles. The second-order valence-corrected chi connectivity index (χ2v) is 2.78. The van der Waals surface area contributed by atoms with Gasteiger partial charge in [-0.1, -0.05) is 13.3 Å². The summed E-state index contributed by atoms with van der Waals surface area (Å²) in [7, 11) is 5.02. The van der Waals surface area contributed by atoms with Gasteiger partial charge in [0.15, 0.2) is 6.29 Å². The Labute approximate surface area is 75.0 Å². The summed E-state index contributed by atoms with van der Waals surface area (Å²) in [6, 6.07) is 0. The zero-order valence-corrected chi connectivity index (χ0v) is 8.50. The molecular weight excluding hydrogens is 156 g/mol. The van der Waals surface area contributed by atoms with Gasteiger partial charge < -0.3 is 14.2 Å². The minimum atomic E-state index is -0.138. The van der Waals surface area contributed by atoms with Gasteiger partial charge in [-0.3, -0.25) is 0 Å². The molecule has 0 bridgehead atoms. The van der Waals surface area contributed by atoms with Gasteiger partial charge in [-0.15, -0.1) is 0 Å². The second kappa shape index (κ2) is 7.53. The highest BCUT2D eigenvalue weighted by Crippen LogP contribution is 2.10. The van der Waals surface area contributed by atoms with Gasteiger partial charge in [0.2, 0.25) is 0 Å². The number of hydrogen-bond donors (Lipinski definition) is 0. The van der Waals surface area contributed by atoms with Crippen LogP contribution in [0.5, 0.6) is 0 Å². The molecule has 0 amide bonds. The second-order valence-electron chi connectivity index (χ2n) is 2.78. The minimum Gasteiger partial charge on any atom is -0.381 e. The zero-order valence-electron chi connectivity index (χ0n) is 8.50. The van der Waals surface area contributed by atoms with Gasteiger partial charge in [-0.2, -0.15) is 0 Å². The summed E-state index contributed by atoms with van der Waals surface area (Å²) in [6.45, 7) is 2.14. The van der Waals surface area contributed by atoms with Crippen LogP contribution in [-0.4, -0.2) is 33.7 Å². The number of rotatable bonds is 7. The van der Waals surface area contributed by atoms with Crippen LogP contribution in [0.15, 0.2) is 0 Å². The lowest BCUT2D eigenvalue weighted by Crippen LogP contribution is -2.22. The number of methoxy groups -OCH3 is 3. The molecule has 0 aromatic carbocycles. The van der Waals surface area contributed by atoms with Crippen molar-refractivity contribution in [3.05, 3.63) is 0 Å². The van der Waals surface area contributed by atoms with Gasteiger partial charge in [-0.25, -0.2) is 0 Å². The summed E-state index contributed by atoms with van der Waals surface area (Å²) >= 11 is 0. The molecule has 3 heteroatoms. The van der Waals surface area contributed by atoms with Crippen molar-refractivity contribution < 1.29 is 14.2 Å². The van der Waals surface area contributed by atoms with Crippen LogP contribution in [0.25, 0.3) is 0 Å². The molecule has 0 aromatic heterocycles. The standard InChI is InChI=1S/C9H20O3/c1-5-6-8(10-2)7-9(11-3)12-4/h8-9H,5-7H2,1-4H3. The van der Waals surface area contributed by atoms with E-state index in [9.17, 15) is 0 Å². The third-order valence-corrected chi connectivity index (χ3v) is 1.93. The average Bonchev–Trinajstić information content (AvgIpc) is 2.12. The highest BCUT2D eigenvalue weighted by atomic mass is 16.7. The van der Waals surface area contributed by atoms with E-state index in [1.165, 1.54) is 0 Å². The molecule has 12 heavy (non-hydrogen) atoms. The normalized spacial score (nSPS) is 13.8. The van der Waals surface area contributed by atoms with Crippen LogP contribution < -0.4 is 0 Å². The summed E-state index contributed by atoms with van der Waals surface area (Å²) < 4.78 is 15.4. The van der Waals surface area contributed by atoms with E-state index in [4.69, 9.17) is 14.2 Å². The van der Waals surface area contributed by atoms with Crippen molar-refractivity contribution in [1.29, 1.82) is 0 Å². The molecule has 1 unspecified atom stereocenters. The smallest absolute Gasteiger partial charge is 0.159 e. The molecule has 0 fully saturated rings. The molecule has 0 aliphatic rings. The van der Waals surface area contributed by atoms with E-state index in [2.05, 4.69) is 6.92 Å². The quantitative estimate of drug-likeness (QED) is 0.554. The molecule has 0 spiro atoms. The van der Waals surface area contributed by atoms with E-state index in [0.29, 0.717) is 0 Å². The van der Waals surface area contributed by atoms with E-state index in [1.807, 2.05) is 0 Å². The fraction of sp³-hybridized carbons (Fsp3) is 1.00. The van der Waals surface area contributed by atoms with Gasteiger partial charge in [0.25, 0.3) is 0 Å². The molecule has 3 nitrogen and oxygen atoms in total. The molecule has 0 radical (unpaired) electrons. The predicted octanol–water partition coefficient (Wildman–Crippen LogP) is 1.81. The van der Waals surface area contributed by atoms with Crippen LogP contribution in [0.2, 0.25) is 0 Å². The van der Waals surface area contributed by atoms with Crippen molar-refractivity contribution in [3.63, 3.8) is 0 Å². The van der Waals surface area contributed by atoms with Crippen LogP contribution in [0, 0.1) is 0 Å². The molecule has 0 rings (SSSR count). The maximum absolute atomic E-state index is 5.26. The molecule has 1 atom stereocenters. The summed E-state index contributed by atoms with van der Waals surface area (Å²) in [6.07, 6.45) is 3.09. The fourth-order valence-corrected chi connectivity index (χ4v) is 1.16. The van der Waals surface area contributed by atoms with Crippen LogP contribution >= 0.6 is 0 Å². The monoisotopic (exact) mass is 176 g/mol. The minimum absolute atomic E-state index is 0.138. The summed E-state index contributed by atoms with van der Waals surface area (Å²) in [4.78, 5) is 0. The SMILES string of the molecule is CCCC(CC(OC)OC)OC. The van der Waals surface area contributed by atoms with Gasteiger partial charge in [0.1, 0.15) is 0 Å².